The van der Waals surface area contributed by atoms with Gasteiger partial charge in [-0.1, -0.05) is 0 Å². The lowest BCUT2D eigenvalue weighted by molar-refractivity contribution is 0.464. The van der Waals surface area contributed by atoms with E-state index in [0.29, 0.717) is 6.04 Å². The van der Waals surface area contributed by atoms with Crippen molar-refractivity contribution in [1.29, 1.82) is 0 Å². The fourth-order valence-corrected chi connectivity index (χ4v) is 2.87. The van der Waals surface area contributed by atoms with E-state index in [1.165, 1.54) is 19.3 Å². The zero-order valence-electron chi connectivity index (χ0n) is 8.57. The van der Waals surface area contributed by atoms with Gasteiger partial charge in [0.15, 0.2) is 5.13 Å². The number of rotatable bonds is 2. The van der Waals surface area contributed by atoms with E-state index in [4.69, 9.17) is 5.73 Å². The summed E-state index contributed by atoms with van der Waals surface area (Å²) in [4.78, 5) is 6.90. The number of nitrogens with zero attached hydrogens (tertiary/aromatic N) is 2. The van der Waals surface area contributed by atoms with Gasteiger partial charge in [0.25, 0.3) is 0 Å². The van der Waals surface area contributed by atoms with Crippen molar-refractivity contribution >= 4 is 16.5 Å². The van der Waals surface area contributed by atoms with Crippen molar-refractivity contribution in [2.24, 2.45) is 5.73 Å². The molecule has 1 aromatic rings. The molecule has 0 aromatic carbocycles. The summed E-state index contributed by atoms with van der Waals surface area (Å²) in [5.41, 5.74) is 6.89. The molecule has 1 fully saturated rings. The molecule has 14 heavy (non-hydrogen) atoms. The lowest BCUT2D eigenvalue weighted by Gasteiger charge is -2.34. The van der Waals surface area contributed by atoms with Gasteiger partial charge < -0.3 is 10.6 Å². The SMILES string of the molecule is Cc1csc(N2CCCCC2CN)n1. The van der Waals surface area contributed by atoms with Crippen molar-refractivity contribution in [2.45, 2.75) is 32.2 Å². The van der Waals surface area contributed by atoms with Crippen LogP contribution in [0.4, 0.5) is 5.13 Å². The van der Waals surface area contributed by atoms with Crippen molar-refractivity contribution in [3.63, 3.8) is 0 Å². The second kappa shape index (κ2) is 4.28. The summed E-state index contributed by atoms with van der Waals surface area (Å²) in [6, 6.07) is 0.509. The van der Waals surface area contributed by atoms with Crippen LogP contribution in [0.25, 0.3) is 0 Å². The van der Waals surface area contributed by atoms with Gasteiger partial charge in [0.1, 0.15) is 0 Å². The van der Waals surface area contributed by atoms with Gasteiger partial charge in [-0.15, -0.1) is 11.3 Å². The summed E-state index contributed by atoms with van der Waals surface area (Å²) in [6.07, 6.45) is 3.80. The number of nitrogens with two attached hydrogens (primary N) is 1. The van der Waals surface area contributed by atoms with Gasteiger partial charge in [0.2, 0.25) is 0 Å². The van der Waals surface area contributed by atoms with Crippen LogP contribution in [-0.2, 0) is 0 Å². The molecule has 2 heterocycles. The molecule has 4 heteroatoms. The Balaban J connectivity index is 2.14. The molecule has 78 valence electrons. The van der Waals surface area contributed by atoms with Crippen LogP contribution in [0.3, 0.4) is 0 Å². The quantitative estimate of drug-likeness (QED) is 0.810. The summed E-state index contributed by atoms with van der Waals surface area (Å²) < 4.78 is 0. The molecule has 2 N–H and O–H groups in total. The molecule has 2 rings (SSSR count). The Kier molecular flexibility index (Phi) is 3.03. The van der Waals surface area contributed by atoms with Crippen molar-refractivity contribution in [3.05, 3.63) is 11.1 Å². The Morgan fingerprint density at radius 3 is 3.14 bits per heavy atom. The van der Waals surface area contributed by atoms with Crippen molar-refractivity contribution in [1.82, 2.24) is 4.98 Å². The summed E-state index contributed by atoms with van der Waals surface area (Å²) in [5.74, 6) is 0. The highest BCUT2D eigenvalue weighted by molar-refractivity contribution is 7.13. The molecular formula is C10H17N3S. The number of hydrogen-bond donors (Lipinski definition) is 1. The Labute approximate surface area is 88.9 Å². The first kappa shape index (κ1) is 9.93. The average molecular weight is 211 g/mol. The molecule has 1 aliphatic rings. The largest absolute Gasteiger partial charge is 0.344 e. The van der Waals surface area contributed by atoms with Crippen LogP contribution in [0.2, 0.25) is 0 Å². The zero-order chi connectivity index (χ0) is 9.97. The Hall–Kier alpha value is -0.610. The average Bonchev–Trinajstić information content (AvgIpc) is 2.65. The van der Waals surface area contributed by atoms with Crippen molar-refractivity contribution < 1.29 is 0 Å². The number of anilines is 1. The topological polar surface area (TPSA) is 42.1 Å². The molecular weight excluding hydrogens is 194 g/mol. The maximum atomic E-state index is 5.77. The monoisotopic (exact) mass is 211 g/mol. The Morgan fingerprint density at radius 1 is 1.64 bits per heavy atom. The smallest absolute Gasteiger partial charge is 0.185 e. The molecule has 1 aliphatic heterocycles. The highest BCUT2D eigenvalue weighted by Gasteiger charge is 2.22. The van der Waals surface area contributed by atoms with Gasteiger partial charge in [-0.25, -0.2) is 4.98 Å². The van der Waals surface area contributed by atoms with Crippen LogP contribution in [-0.4, -0.2) is 24.1 Å². The maximum Gasteiger partial charge on any atom is 0.185 e. The molecule has 0 spiro atoms. The highest BCUT2D eigenvalue weighted by atomic mass is 32.1. The van der Waals surface area contributed by atoms with E-state index >= 15 is 0 Å². The summed E-state index contributed by atoms with van der Waals surface area (Å²) in [6.45, 7) is 3.91. The Morgan fingerprint density at radius 2 is 2.50 bits per heavy atom. The zero-order valence-corrected chi connectivity index (χ0v) is 9.39. The second-order valence-electron chi connectivity index (χ2n) is 3.85. The molecule has 1 atom stereocenters. The number of aromatic nitrogens is 1. The van der Waals surface area contributed by atoms with Crippen LogP contribution >= 0.6 is 11.3 Å². The van der Waals surface area contributed by atoms with E-state index < -0.39 is 0 Å². The first-order valence-electron chi connectivity index (χ1n) is 5.20. The van der Waals surface area contributed by atoms with Gasteiger partial charge in [0, 0.05) is 24.5 Å². The van der Waals surface area contributed by atoms with Gasteiger partial charge in [0.05, 0.1) is 5.69 Å². The van der Waals surface area contributed by atoms with Gasteiger partial charge in [-0.3, -0.25) is 0 Å². The number of piperidine rings is 1. The first-order chi connectivity index (χ1) is 6.81. The van der Waals surface area contributed by atoms with Crippen LogP contribution in [0.15, 0.2) is 5.38 Å². The molecule has 0 aliphatic carbocycles. The lowest BCUT2D eigenvalue weighted by atomic mass is 10.0. The van der Waals surface area contributed by atoms with Gasteiger partial charge in [-0.2, -0.15) is 0 Å². The molecule has 0 bridgehead atoms. The van der Waals surface area contributed by atoms with E-state index in [9.17, 15) is 0 Å². The van der Waals surface area contributed by atoms with E-state index in [0.717, 1.165) is 23.9 Å². The van der Waals surface area contributed by atoms with Crippen LogP contribution in [0, 0.1) is 6.92 Å². The van der Waals surface area contributed by atoms with Crippen LogP contribution in [0.1, 0.15) is 25.0 Å². The predicted molar refractivity (Wildman–Crippen MR) is 60.9 cm³/mol. The van der Waals surface area contributed by atoms with Gasteiger partial charge in [-0.05, 0) is 26.2 Å². The molecule has 3 nitrogen and oxygen atoms in total. The highest BCUT2D eigenvalue weighted by Crippen LogP contribution is 2.27. The van der Waals surface area contributed by atoms with Crippen molar-refractivity contribution in [3.8, 4) is 0 Å². The standard InChI is InChI=1S/C10H17N3S/c1-8-7-14-10(12-8)13-5-3-2-4-9(13)6-11/h7,9H,2-6,11H2,1H3. The number of hydrogen-bond acceptors (Lipinski definition) is 4. The Bertz CT molecular complexity index is 297. The summed E-state index contributed by atoms with van der Waals surface area (Å²) in [5, 5.41) is 3.26. The van der Waals surface area contributed by atoms with Gasteiger partial charge >= 0.3 is 0 Å². The predicted octanol–water partition coefficient (Wildman–Crippen LogP) is 1.77. The number of aryl methyl sites for hydroxylation is 1. The third-order valence-corrected chi connectivity index (χ3v) is 3.75. The minimum Gasteiger partial charge on any atom is -0.344 e. The fraction of sp³-hybridized carbons (Fsp3) is 0.700. The van der Waals surface area contributed by atoms with Crippen LogP contribution < -0.4 is 10.6 Å². The third-order valence-electron chi connectivity index (χ3n) is 2.75. The minimum atomic E-state index is 0.509. The van der Waals surface area contributed by atoms with Crippen LogP contribution in [0.5, 0.6) is 0 Å². The maximum absolute atomic E-state index is 5.77. The molecule has 0 radical (unpaired) electrons. The second-order valence-corrected chi connectivity index (χ2v) is 4.69. The van der Waals surface area contributed by atoms with E-state index in [1.807, 2.05) is 6.92 Å². The van der Waals surface area contributed by atoms with E-state index in [1.54, 1.807) is 11.3 Å². The van der Waals surface area contributed by atoms with Crippen molar-refractivity contribution in [2.75, 3.05) is 18.0 Å². The summed E-state index contributed by atoms with van der Waals surface area (Å²) >= 11 is 1.73. The minimum absolute atomic E-state index is 0.509. The number of thiazole rings is 1. The molecule has 1 saturated heterocycles. The fourth-order valence-electron chi connectivity index (χ4n) is 1.97. The summed E-state index contributed by atoms with van der Waals surface area (Å²) in [7, 11) is 0. The van der Waals surface area contributed by atoms with E-state index in [2.05, 4.69) is 15.3 Å². The molecule has 1 aromatic heterocycles. The molecule has 1 unspecified atom stereocenters. The van der Waals surface area contributed by atoms with E-state index in [-0.39, 0.29) is 0 Å². The molecule has 0 amide bonds. The lowest BCUT2D eigenvalue weighted by Crippen LogP contribution is -2.44. The molecule has 0 saturated carbocycles. The third kappa shape index (κ3) is 1.91. The normalized spacial score (nSPS) is 22.7. The first-order valence-corrected chi connectivity index (χ1v) is 6.08.